The van der Waals surface area contributed by atoms with Crippen molar-refractivity contribution in [2.45, 2.75) is 38.2 Å². The van der Waals surface area contributed by atoms with Crippen LogP contribution in [0.25, 0.3) is 0 Å². The lowest BCUT2D eigenvalue weighted by atomic mass is 9.90. The molecule has 0 spiro atoms. The molecule has 2 aliphatic rings. The molecule has 1 unspecified atom stereocenters. The van der Waals surface area contributed by atoms with Crippen molar-refractivity contribution in [1.29, 1.82) is 0 Å². The first-order chi connectivity index (χ1) is 18.0. The third-order valence-electron chi connectivity index (χ3n) is 6.96. The van der Waals surface area contributed by atoms with Crippen LogP contribution in [0.4, 0.5) is 11.4 Å². The SMILES string of the molecule is CC1Oc2ccc(NC(=O)C(c3ccccc3)c3ccccc3)cc2N(CC(=O)N2CCCCC2)C1=O. The molecule has 0 aromatic heterocycles. The molecular weight excluding hydrogens is 466 g/mol. The number of benzene rings is 3. The van der Waals surface area contributed by atoms with Gasteiger partial charge in [0, 0.05) is 18.8 Å². The van der Waals surface area contributed by atoms with Crippen molar-refractivity contribution in [3.63, 3.8) is 0 Å². The van der Waals surface area contributed by atoms with Crippen LogP contribution in [0.3, 0.4) is 0 Å². The van der Waals surface area contributed by atoms with E-state index in [0.717, 1.165) is 43.5 Å². The summed E-state index contributed by atoms with van der Waals surface area (Å²) in [6, 6.07) is 24.5. The molecule has 3 amide bonds. The summed E-state index contributed by atoms with van der Waals surface area (Å²) in [5.41, 5.74) is 2.78. The van der Waals surface area contributed by atoms with E-state index in [2.05, 4.69) is 5.32 Å². The fraction of sp³-hybridized carbons (Fsp3) is 0.300. The minimum absolute atomic E-state index is 0.0480. The minimum atomic E-state index is -0.692. The Labute approximate surface area is 217 Å². The second kappa shape index (κ2) is 10.9. The number of hydrogen-bond acceptors (Lipinski definition) is 4. The summed E-state index contributed by atoms with van der Waals surface area (Å²) in [4.78, 5) is 43.0. The third kappa shape index (κ3) is 5.35. The summed E-state index contributed by atoms with van der Waals surface area (Å²) in [6.07, 6.45) is 2.39. The van der Waals surface area contributed by atoms with Crippen LogP contribution in [0.15, 0.2) is 78.9 Å². The summed E-state index contributed by atoms with van der Waals surface area (Å²) in [7, 11) is 0. The van der Waals surface area contributed by atoms with E-state index in [1.165, 1.54) is 4.90 Å². The average Bonchev–Trinajstić information content (AvgIpc) is 2.93. The third-order valence-corrected chi connectivity index (χ3v) is 6.96. The van der Waals surface area contributed by atoms with Gasteiger partial charge in [-0.1, -0.05) is 60.7 Å². The zero-order chi connectivity index (χ0) is 25.8. The van der Waals surface area contributed by atoms with Crippen molar-refractivity contribution in [3.8, 4) is 5.75 Å². The first-order valence-electron chi connectivity index (χ1n) is 12.8. The van der Waals surface area contributed by atoms with Gasteiger partial charge in [0.05, 0.1) is 11.6 Å². The van der Waals surface area contributed by atoms with Gasteiger partial charge in [0.15, 0.2) is 6.10 Å². The summed E-state index contributed by atoms with van der Waals surface area (Å²) in [5.74, 6) is -0.527. The molecule has 1 atom stereocenters. The predicted molar refractivity (Wildman–Crippen MR) is 143 cm³/mol. The monoisotopic (exact) mass is 497 g/mol. The highest BCUT2D eigenvalue weighted by atomic mass is 16.5. The molecule has 2 aliphatic heterocycles. The zero-order valence-electron chi connectivity index (χ0n) is 20.9. The number of carbonyl (C=O) groups excluding carboxylic acids is 3. The van der Waals surface area contributed by atoms with E-state index in [0.29, 0.717) is 17.1 Å². The molecule has 1 fully saturated rings. The summed E-state index contributed by atoms with van der Waals surface area (Å²) < 4.78 is 5.82. The van der Waals surface area contributed by atoms with E-state index in [1.54, 1.807) is 25.1 Å². The van der Waals surface area contributed by atoms with Crippen LogP contribution < -0.4 is 15.0 Å². The highest BCUT2D eigenvalue weighted by Gasteiger charge is 2.34. The van der Waals surface area contributed by atoms with Crippen molar-refractivity contribution >= 4 is 29.1 Å². The summed E-state index contributed by atoms with van der Waals surface area (Å²) in [5, 5.41) is 3.02. The van der Waals surface area contributed by atoms with Crippen LogP contribution in [-0.4, -0.2) is 48.4 Å². The van der Waals surface area contributed by atoms with Gasteiger partial charge >= 0.3 is 0 Å². The highest BCUT2D eigenvalue weighted by molar-refractivity contribution is 6.05. The van der Waals surface area contributed by atoms with Crippen molar-refractivity contribution in [2.24, 2.45) is 0 Å². The number of rotatable bonds is 6. The fourth-order valence-electron chi connectivity index (χ4n) is 5.03. The second-order valence-electron chi connectivity index (χ2n) is 9.55. The Bertz CT molecular complexity index is 1230. The quantitative estimate of drug-likeness (QED) is 0.541. The number of hydrogen-bond donors (Lipinski definition) is 1. The minimum Gasteiger partial charge on any atom is -0.479 e. The molecule has 190 valence electrons. The van der Waals surface area contributed by atoms with Gasteiger partial charge in [-0.15, -0.1) is 0 Å². The van der Waals surface area contributed by atoms with Crippen molar-refractivity contribution in [3.05, 3.63) is 90.0 Å². The Kier molecular flexibility index (Phi) is 7.21. The van der Waals surface area contributed by atoms with Gasteiger partial charge in [0.1, 0.15) is 12.3 Å². The number of likely N-dealkylation sites (tertiary alicyclic amines) is 1. The Hall–Kier alpha value is -4.13. The van der Waals surface area contributed by atoms with E-state index >= 15 is 0 Å². The van der Waals surface area contributed by atoms with Crippen molar-refractivity contribution in [2.75, 3.05) is 29.9 Å². The van der Waals surface area contributed by atoms with Gasteiger partial charge in [-0.05, 0) is 55.5 Å². The lowest BCUT2D eigenvalue weighted by molar-refractivity contribution is -0.133. The standard InChI is InChI=1S/C30H31N3O4/c1-21-30(36)33(20-27(34)32-17-9-4-10-18-32)25-19-24(15-16-26(25)37-21)31-29(35)28(22-11-5-2-6-12-22)23-13-7-3-8-14-23/h2-3,5-8,11-16,19,21,28H,4,9-10,17-18,20H2,1H3,(H,31,35). The molecular formula is C30H31N3O4. The summed E-state index contributed by atoms with van der Waals surface area (Å²) in [6.45, 7) is 3.07. The van der Waals surface area contributed by atoms with Crippen LogP contribution in [0.5, 0.6) is 5.75 Å². The van der Waals surface area contributed by atoms with Crippen molar-refractivity contribution in [1.82, 2.24) is 4.90 Å². The topological polar surface area (TPSA) is 79.0 Å². The molecule has 37 heavy (non-hydrogen) atoms. The molecule has 5 rings (SSSR count). The lowest BCUT2D eigenvalue weighted by Gasteiger charge is -2.35. The Morgan fingerprint density at radius 3 is 2.16 bits per heavy atom. The lowest BCUT2D eigenvalue weighted by Crippen LogP contribution is -2.50. The zero-order valence-corrected chi connectivity index (χ0v) is 20.9. The number of ether oxygens (including phenoxy) is 1. The molecule has 3 aromatic carbocycles. The fourth-order valence-corrected chi connectivity index (χ4v) is 5.03. The van der Waals surface area contributed by atoms with Gasteiger partial charge in [0.2, 0.25) is 11.8 Å². The Morgan fingerprint density at radius 2 is 1.54 bits per heavy atom. The summed E-state index contributed by atoms with van der Waals surface area (Å²) >= 11 is 0. The molecule has 0 aliphatic carbocycles. The van der Waals surface area contributed by atoms with Crippen LogP contribution in [-0.2, 0) is 14.4 Å². The molecule has 1 N–H and O–H groups in total. The molecule has 2 heterocycles. The maximum atomic E-state index is 13.6. The van der Waals surface area contributed by atoms with E-state index in [1.807, 2.05) is 65.6 Å². The number of nitrogens with one attached hydrogen (secondary N) is 1. The molecule has 3 aromatic rings. The molecule has 7 heteroatoms. The van der Waals surface area contributed by atoms with Crippen LogP contribution in [0.1, 0.15) is 43.2 Å². The van der Waals surface area contributed by atoms with Crippen molar-refractivity contribution < 1.29 is 19.1 Å². The van der Waals surface area contributed by atoms with E-state index in [9.17, 15) is 14.4 Å². The maximum absolute atomic E-state index is 13.6. The van der Waals surface area contributed by atoms with Gasteiger partial charge in [-0.3, -0.25) is 19.3 Å². The van der Waals surface area contributed by atoms with Gasteiger partial charge < -0.3 is 15.0 Å². The maximum Gasteiger partial charge on any atom is 0.268 e. The number of piperidine rings is 1. The average molecular weight is 498 g/mol. The van der Waals surface area contributed by atoms with Crippen LogP contribution >= 0.6 is 0 Å². The van der Waals surface area contributed by atoms with Crippen LogP contribution in [0, 0.1) is 0 Å². The first-order valence-corrected chi connectivity index (χ1v) is 12.8. The smallest absolute Gasteiger partial charge is 0.268 e. The Morgan fingerprint density at radius 1 is 0.919 bits per heavy atom. The molecule has 1 saturated heterocycles. The van der Waals surface area contributed by atoms with Gasteiger partial charge in [-0.2, -0.15) is 0 Å². The highest BCUT2D eigenvalue weighted by Crippen LogP contribution is 2.37. The number of carbonyl (C=O) groups is 3. The van der Waals surface area contributed by atoms with E-state index in [4.69, 9.17) is 4.74 Å². The molecule has 0 bridgehead atoms. The van der Waals surface area contributed by atoms with Crippen LogP contribution in [0.2, 0.25) is 0 Å². The predicted octanol–water partition coefficient (Wildman–Crippen LogP) is 4.58. The normalized spacial score (nSPS) is 17.2. The van der Waals surface area contributed by atoms with E-state index in [-0.39, 0.29) is 24.3 Å². The molecule has 0 radical (unpaired) electrons. The van der Waals surface area contributed by atoms with Gasteiger partial charge in [0.25, 0.3) is 5.91 Å². The largest absolute Gasteiger partial charge is 0.479 e. The number of nitrogens with zero attached hydrogens (tertiary/aromatic N) is 2. The molecule has 7 nitrogen and oxygen atoms in total. The number of fused-ring (bicyclic) bond motifs is 1. The number of amides is 3. The number of anilines is 2. The Balaban J connectivity index is 1.41. The van der Waals surface area contributed by atoms with Gasteiger partial charge in [-0.25, -0.2) is 0 Å². The second-order valence-corrected chi connectivity index (χ2v) is 9.55. The first kappa shape index (κ1) is 24.6. The molecule has 0 saturated carbocycles. The van der Waals surface area contributed by atoms with E-state index < -0.39 is 12.0 Å².